The zero-order valence-corrected chi connectivity index (χ0v) is 23.4. The van der Waals surface area contributed by atoms with Gasteiger partial charge in [0.1, 0.15) is 17.6 Å². The number of nitrogens with one attached hydrogen (secondary N) is 1. The van der Waals surface area contributed by atoms with Crippen molar-refractivity contribution in [1.82, 2.24) is 4.98 Å². The minimum Gasteiger partial charge on any atom is -0.489 e. The molecule has 1 N–H and O–H groups in total. The number of non-ortho nitro benzene ring substituents is 1. The van der Waals surface area contributed by atoms with Crippen LogP contribution in [0.4, 0.5) is 11.4 Å². The molecule has 3 aromatic carbocycles. The second-order valence-electron chi connectivity index (χ2n) is 9.13. The maximum Gasteiger partial charge on any atom is 0.305 e. The highest BCUT2D eigenvalue weighted by Gasteiger charge is 2.56. The zero-order chi connectivity index (χ0) is 28.1. The van der Waals surface area contributed by atoms with E-state index in [2.05, 4.69) is 4.98 Å². The van der Waals surface area contributed by atoms with Crippen molar-refractivity contribution < 1.29 is 19.2 Å². The number of imide groups is 1. The predicted molar refractivity (Wildman–Crippen MR) is 153 cm³/mol. The van der Waals surface area contributed by atoms with Gasteiger partial charge in [0.05, 0.1) is 21.6 Å². The minimum atomic E-state index is -0.872. The lowest BCUT2D eigenvalue weighted by Crippen LogP contribution is -2.32. The first-order valence-electron chi connectivity index (χ1n) is 11.9. The Kier molecular flexibility index (Phi) is 6.91. The van der Waals surface area contributed by atoms with E-state index in [1.807, 2.05) is 12.1 Å². The molecule has 0 saturated carbocycles. The summed E-state index contributed by atoms with van der Waals surface area (Å²) < 4.78 is 6.18. The summed E-state index contributed by atoms with van der Waals surface area (Å²) in [5.41, 5.74) is 1.51. The topological polar surface area (TPSA) is 123 Å². The molecular formula is C27H17Cl2N3O6S2. The summed E-state index contributed by atoms with van der Waals surface area (Å²) in [5.74, 6) is -2.07. The first kappa shape index (κ1) is 26.6. The van der Waals surface area contributed by atoms with Gasteiger partial charge in [-0.1, -0.05) is 58.4 Å². The highest BCUT2D eigenvalue weighted by molar-refractivity contribution is 8.00. The van der Waals surface area contributed by atoms with Crippen LogP contribution in [0.1, 0.15) is 21.9 Å². The molecule has 1 saturated heterocycles. The Morgan fingerprint density at radius 3 is 2.35 bits per heavy atom. The number of hydrogen-bond donors (Lipinski definition) is 1. The van der Waals surface area contributed by atoms with Gasteiger partial charge < -0.3 is 9.72 Å². The number of nitro groups is 1. The number of hydrogen-bond acceptors (Lipinski definition) is 8. The maximum absolute atomic E-state index is 14.0. The molecule has 2 aliphatic heterocycles. The van der Waals surface area contributed by atoms with Crippen molar-refractivity contribution in [2.75, 3.05) is 4.90 Å². The first-order valence-corrected chi connectivity index (χ1v) is 14.3. The van der Waals surface area contributed by atoms with Crippen LogP contribution in [0.3, 0.4) is 0 Å². The summed E-state index contributed by atoms with van der Waals surface area (Å²) in [6.07, 6.45) is 0. The Morgan fingerprint density at radius 1 is 0.950 bits per heavy atom. The van der Waals surface area contributed by atoms with Crippen molar-refractivity contribution in [2.45, 2.75) is 22.8 Å². The van der Waals surface area contributed by atoms with E-state index < -0.39 is 33.8 Å². The Morgan fingerprint density at radius 2 is 1.65 bits per heavy atom. The summed E-state index contributed by atoms with van der Waals surface area (Å²) in [6.45, 7) is 0.208. The highest BCUT2D eigenvalue weighted by atomic mass is 35.5. The number of benzene rings is 3. The number of nitrogens with zero attached hydrogens (tertiary/aromatic N) is 2. The smallest absolute Gasteiger partial charge is 0.305 e. The van der Waals surface area contributed by atoms with Crippen LogP contribution < -0.4 is 14.5 Å². The normalized spacial score (nSPS) is 19.9. The summed E-state index contributed by atoms with van der Waals surface area (Å²) >= 11 is 14.5. The molecule has 0 spiro atoms. The summed E-state index contributed by atoms with van der Waals surface area (Å²) in [6, 6.07) is 17.5. The maximum atomic E-state index is 14.0. The third-order valence-electron chi connectivity index (χ3n) is 6.76. The fourth-order valence-corrected chi connectivity index (χ4v) is 7.78. The summed E-state index contributed by atoms with van der Waals surface area (Å²) in [7, 11) is 0. The van der Waals surface area contributed by atoms with Gasteiger partial charge in [0.15, 0.2) is 0 Å². The highest BCUT2D eigenvalue weighted by Crippen LogP contribution is 2.54. The predicted octanol–water partition coefficient (Wildman–Crippen LogP) is 6.03. The van der Waals surface area contributed by atoms with Gasteiger partial charge in [0, 0.05) is 38.5 Å². The molecule has 4 aromatic rings. The number of ether oxygens (including phenoxy) is 1. The first-order chi connectivity index (χ1) is 19.2. The van der Waals surface area contributed by atoms with Gasteiger partial charge in [-0.2, -0.15) is 0 Å². The Bertz CT molecular complexity index is 1720. The molecular weight excluding hydrogens is 597 g/mol. The summed E-state index contributed by atoms with van der Waals surface area (Å²) in [5, 5.41) is 11.8. The van der Waals surface area contributed by atoms with Crippen LogP contribution in [0.15, 0.2) is 76.6 Å². The zero-order valence-electron chi connectivity index (χ0n) is 20.2. The fourth-order valence-electron chi connectivity index (χ4n) is 4.97. The van der Waals surface area contributed by atoms with Gasteiger partial charge in [0.2, 0.25) is 11.8 Å². The molecule has 2 unspecified atom stereocenters. The lowest BCUT2D eigenvalue weighted by atomic mass is 9.82. The number of anilines is 1. The van der Waals surface area contributed by atoms with Crippen LogP contribution in [-0.2, 0) is 16.2 Å². The van der Waals surface area contributed by atoms with Gasteiger partial charge in [-0.25, -0.2) is 4.90 Å². The molecule has 3 heterocycles. The van der Waals surface area contributed by atoms with Crippen LogP contribution in [-0.4, -0.2) is 27.0 Å². The van der Waals surface area contributed by atoms with E-state index in [9.17, 15) is 24.5 Å². The van der Waals surface area contributed by atoms with Crippen LogP contribution in [0, 0.1) is 16.0 Å². The van der Waals surface area contributed by atoms with Crippen molar-refractivity contribution in [3.8, 4) is 5.75 Å². The van der Waals surface area contributed by atoms with Crippen LogP contribution in [0.5, 0.6) is 5.75 Å². The van der Waals surface area contributed by atoms with Crippen LogP contribution in [0.2, 0.25) is 10.0 Å². The van der Waals surface area contributed by atoms with E-state index in [-0.39, 0.29) is 22.9 Å². The summed E-state index contributed by atoms with van der Waals surface area (Å²) in [4.78, 5) is 54.8. The van der Waals surface area contributed by atoms with E-state index >= 15 is 0 Å². The minimum absolute atomic E-state index is 0.159. The lowest BCUT2D eigenvalue weighted by Gasteiger charge is -2.31. The quantitative estimate of drug-likeness (QED) is 0.160. The van der Waals surface area contributed by atoms with Crippen molar-refractivity contribution in [1.29, 1.82) is 0 Å². The van der Waals surface area contributed by atoms with Crippen LogP contribution in [0.25, 0.3) is 0 Å². The number of thioether (sulfide) groups is 1. The Hall–Kier alpha value is -3.64. The lowest BCUT2D eigenvalue weighted by molar-refractivity contribution is -0.384. The average molecular weight is 614 g/mol. The van der Waals surface area contributed by atoms with E-state index in [1.54, 1.807) is 30.3 Å². The van der Waals surface area contributed by atoms with E-state index in [0.29, 0.717) is 31.3 Å². The van der Waals surface area contributed by atoms with E-state index in [0.717, 1.165) is 33.6 Å². The molecule has 2 aliphatic rings. The second-order valence-corrected chi connectivity index (χ2v) is 12.2. The molecule has 0 aliphatic carbocycles. The van der Waals surface area contributed by atoms with Gasteiger partial charge in [-0.3, -0.25) is 24.5 Å². The second kappa shape index (κ2) is 10.4. The van der Waals surface area contributed by atoms with Crippen molar-refractivity contribution in [3.05, 3.63) is 113 Å². The largest absolute Gasteiger partial charge is 0.489 e. The molecule has 13 heteroatoms. The third-order valence-corrected chi connectivity index (χ3v) is 9.65. The number of fused-ring (bicyclic) bond motifs is 2. The molecule has 202 valence electrons. The van der Waals surface area contributed by atoms with E-state index in [4.69, 9.17) is 27.9 Å². The number of amides is 2. The third kappa shape index (κ3) is 4.68. The Balaban J connectivity index is 1.42. The number of halogens is 2. The number of H-pyrrole nitrogens is 1. The number of thiazole rings is 1. The molecule has 0 radical (unpaired) electrons. The standard InChI is InChI=1S/C27H17Cl2N3O6S2/c28-14-3-1-13(2-4-14)12-38-19-10-5-15(29)11-18(19)20-21-23(39-24-22(20)40-27(35)30-24)26(34)31(25(21)33)16-6-8-17(9-7-16)32(36)37/h1-11,20-21,23H,12H2,(H,30,35)/t20-,21?,23?/m1/s1. The van der Waals surface area contributed by atoms with Gasteiger partial charge in [0.25, 0.3) is 5.69 Å². The number of aromatic amines is 1. The molecule has 6 rings (SSSR count). The number of carbonyl (C=O) groups is 2. The molecule has 40 heavy (non-hydrogen) atoms. The SMILES string of the molecule is O=C1C2Sc3[nH]c(=O)sc3[C@H](c3cc(Cl)ccc3OCc3ccc(Cl)cc3)C2C(=O)N1c1ccc([N+](=O)[O-])cc1. The van der Waals surface area contributed by atoms with Crippen molar-refractivity contribution in [3.63, 3.8) is 0 Å². The molecule has 1 fully saturated rings. The number of carbonyl (C=O) groups excluding carboxylic acids is 2. The monoisotopic (exact) mass is 613 g/mol. The molecule has 1 aromatic heterocycles. The van der Waals surface area contributed by atoms with Crippen molar-refractivity contribution >= 4 is 69.5 Å². The molecule has 9 nitrogen and oxygen atoms in total. The molecule has 3 atom stereocenters. The molecule has 2 amide bonds. The van der Waals surface area contributed by atoms with Crippen LogP contribution >= 0.6 is 46.3 Å². The van der Waals surface area contributed by atoms with E-state index in [1.165, 1.54) is 24.3 Å². The van der Waals surface area contributed by atoms with Gasteiger partial charge in [-0.05, 0) is 48.0 Å². The number of aromatic nitrogens is 1. The number of nitro benzene ring substituents is 1. The van der Waals surface area contributed by atoms with Crippen molar-refractivity contribution in [2.24, 2.45) is 5.92 Å². The fraction of sp³-hybridized carbons (Fsp3) is 0.148. The average Bonchev–Trinajstić information content (AvgIpc) is 3.43. The van der Waals surface area contributed by atoms with Gasteiger partial charge >= 0.3 is 4.87 Å². The number of rotatable bonds is 6. The van der Waals surface area contributed by atoms with Gasteiger partial charge in [-0.15, -0.1) is 0 Å². The molecule has 0 bridgehead atoms. The Labute approximate surface area is 244 Å².